The number of aliphatic hydroxyl groups is 1. The number of benzene rings is 2. The molecule has 1 unspecified atom stereocenters. The zero-order valence-corrected chi connectivity index (χ0v) is 19.1. The van der Waals surface area contributed by atoms with Gasteiger partial charge in [0.2, 0.25) is 0 Å². The zero-order valence-electron chi connectivity index (χ0n) is 19.1. The Morgan fingerprint density at radius 3 is 2.38 bits per heavy atom. The summed E-state index contributed by atoms with van der Waals surface area (Å²) in [4.78, 5) is 27.6. The third-order valence-corrected chi connectivity index (χ3v) is 5.60. The van der Waals surface area contributed by atoms with Gasteiger partial charge in [0, 0.05) is 12.1 Å². The third kappa shape index (κ3) is 4.22. The van der Waals surface area contributed by atoms with E-state index in [0.717, 1.165) is 5.56 Å². The highest BCUT2D eigenvalue weighted by Gasteiger charge is 2.47. The Hall–Kier alpha value is -4.20. The van der Waals surface area contributed by atoms with Crippen LogP contribution < -0.4 is 14.2 Å². The molecule has 34 heavy (non-hydrogen) atoms. The summed E-state index contributed by atoms with van der Waals surface area (Å²) in [6, 6.07) is 14.5. The number of ketones is 1. The van der Waals surface area contributed by atoms with Crippen LogP contribution >= 0.6 is 0 Å². The van der Waals surface area contributed by atoms with Crippen LogP contribution in [0.1, 0.15) is 29.9 Å². The van der Waals surface area contributed by atoms with Crippen LogP contribution in [0.2, 0.25) is 0 Å². The minimum absolute atomic E-state index is 0.0573. The molecule has 2 heterocycles. The van der Waals surface area contributed by atoms with Gasteiger partial charge in [0.1, 0.15) is 23.3 Å². The standard InChI is InChI=1S/C26H25NO7/c1-4-33-18-10-7-16(8-11-18)15-27-23(20-6-5-13-34-20)22(25(29)26(27)30)24(28)17-9-12-19(31-2)21(14-17)32-3/h5-14,23,28H,4,15H2,1-3H3/b24-22-. The Morgan fingerprint density at radius 1 is 1.03 bits per heavy atom. The summed E-state index contributed by atoms with van der Waals surface area (Å²) in [6.07, 6.45) is 1.46. The highest BCUT2D eigenvalue weighted by molar-refractivity contribution is 6.46. The molecule has 1 aliphatic heterocycles. The number of carbonyl (C=O) groups is 2. The number of methoxy groups -OCH3 is 2. The molecule has 1 amide bonds. The van der Waals surface area contributed by atoms with Crippen LogP contribution in [-0.4, -0.2) is 42.5 Å². The molecular weight excluding hydrogens is 438 g/mol. The Bertz CT molecular complexity index is 1210. The van der Waals surface area contributed by atoms with Gasteiger partial charge in [-0.3, -0.25) is 9.59 Å². The lowest BCUT2D eigenvalue weighted by Crippen LogP contribution is -2.29. The molecule has 1 aromatic heterocycles. The summed E-state index contributed by atoms with van der Waals surface area (Å²) in [5.41, 5.74) is 1.05. The summed E-state index contributed by atoms with van der Waals surface area (Å²) in [7, 11) is 2.97. The lowest BCUT2D eigenvalue weighted by atomic mass is 9.99. The molecule has 8 heteroatoms. The summed E-state index contributed by atoms with van der Waals surface area (Å²) >= 11 is 0. The predicted octanol–water partition coefficient (Wildman–Crippen LogP) is 4.32. The van der Waals surface area contributed by atoms with Crippen molar-refractivity contribution in [1.82, 2.24) is 4.90 Å². The fraction of sp³-hybridized carbons (Fsp3) is 0.231. The monoisotopic (exact) mass is 463 g/mol. The van der Waals surface area contributed by atoms with Crippen LogP contribution in [0.4, 0.5) is 0 Å². The van der Waals surface area contributed by atoms with Gasteiger partial charge in [0.15, 0.2) is 11.5 Å². The second-order valence-corrected chi connectivity index (χ2v) is 7.59. The number of likely N-dealkylation sites (tertiary alicyclic amines) is 1. The molecule has 0 aliphatic carbocycles. The lowest BCUT2D eigenvalue weighted by Gasteiger charge is -2.23. The van der Waals surface area contributed by atoms with Crippen molar-refractivity contribution in [3.8, 4) is 17.2 Å². The maximum absolute atomic E-state index is 13.1. The Labute approximate surface area is 197 Å². The van der Waals surface area contributed by atoms with Crippen molar-refractivity contribution < 1.29 is 33.3 Å². The largest absolute Gasteiger partial charge is 0.507 e. The van der Waals surface area contributed by atoms with Crippen molar-refractivity contribution in [2.75, 3.05) is 20.8 Å². The van der Waals surface area contributed by atoms with Gasteiger partial charge in [0.05, 0.1) is 32.7 Å². The van der Waals surface area contributed by atoms with Crippen molar-refractivity contribution >= 4 is 17.4 Å². The average Bonchev–Trinajstić information content (AvgIpc) is 3.47. The van der Waals surface area contributed by atoms with E-state index in [1.54, 1.807) is 42.5 Å². The van der Waals surface area contributed by atoms with E-state index < -0.39 is 17.7 Å². The van der Waals surface area contributed by atoms with Crippen molar-refractivity contribution in [2.45, 2.75) is 19.5 Å². The van der Waals surface area contributed by atoms with Crippen LogP contribution in [0.25, 0.3) is 5.76 Å². The third-order valence-electron chi connectivity index (χ3n) is 5.60. The molecule has 8 nitrogen and oxygen atoms in total. The van der Waals surface area contributed by atoms with Crippen LogP contribution in [0.15, 0.2) is 70.9 Å². The Morgan fingerprint density at radius 2 is 1.76 bits per heavy atom. The molecule has 1 fully saturated rings. The number of furan rings is 1. The molecule has 1 atom stereocenters. The average molecular weight is 463 g/mol. The number of aliphatic hydroxyl groups excluding tert-OH is 1. The molecule has 1 saturated heterocycles. The maximum Gasteiger partial charge on any atom is 0.296 e. The molecule has 0 radical (unpaired) electrons. The van der Waals surface area contributed by atoms with Gasteiger partial charge in [-0.15, -0.1) is 0 Å². The van der Waals surface area contributed by atoms with Gasteiger partial charge in [-0.25, -0.2) is 0 Å². The first-order chi connectivity index (χ1) is 16.5. The van der Waals surface area contributed by atoms with Crippen molar-refractivity contribution in [1.29, 1.82) is 0 Å². The van der Waals surface area contributed by atoms with E-state index in [1.807, 2.05) is 19.1 Å². The number of hydrogen-bond donors (Lipinski definition) is 1. The van der Waals surface area contributed by atoms with E-state index in [1.165, 1.54) is 25.4 Å². The van der Waals surface area contributed by atoms with E-state index in [-0.39, 0.29) is 17.9 Å². The molecule has 176 valence electrons. The molecule has 0 spiro atoms. The fourth-order valence-electron chi connectivity index (χ4n) is 3.98. The van der Waals surface area contributed by atoms with Crippen LogP contribution in [0.3, 0.4) is 0 Å². The van der Waals surface area contributed by atoms with Gasteiger partial charge in [-0.2, -0.15) is 0 Å². The van der Waals surface area contributed by atoms with Gasteiger partial charge >= 0.3 is 0 Å². The topological polar surface area (TPSA) is 98.4 Å². The van der Waals surface area contributed by atoms with Gasteiger partial charge in [0.25, 0.3) is 11.7 Å². The number of ether oxygens (including phenoxy) is 3. The number of rotatable bonds is 8. The number of carbonyl (C=O) groups excluding carboxylic acids is 2. The molecule has 3 aromatic rings. The first-order valence-electron chi connectivity index (χ1n) is 10.7. The second-order valence-electron chi connectivity index (χ2n) is 7.59. The molecule has 0 bridgehead atoms. The summed E-state index contributed by atoms with van der Waals surface area (Å²) in [5.74, 6) is 0.0886. The summed E-state index contributed by atoms with van der Waals surface area (Å²) < 4.78 is 21.6. The smallest absolute Gasteiger partial charge is 0.296 e. The van der Waals surface area contributed by atoms with Gasteiger partial charge in [-0.05, 0) is 55.0 Å². The van der Waals surface area contributed by atoms with E-state index in [2.05, 4.69) is 0 Å². The highest BCUT2D eigenvalue weighted by atomic mass is 16.5. The predicted molar refractivity (Wildman–Crippen MR) is 124 cm³/mol. The second kappa shape index (κ2) is 9.74. The number of hydrogen-bond acceptors (Lipinski definition) is 7. The first-order valence-corrected chi connectivity index (χ1v) is 10.7. The van der Waals surface area contributed by atoms with E-state index in [4.69, 9.17) is 18.6 Å². The van der Waals surface area contributed by atoms with Crippen LogP contribution in [-0.2, 0) is 16.1 Å². The van der Waals surface area contributed by atoms with Gasteiger partial charge in [-0.1, -0.05) is 12.1 Å². The minimum Gasteiger partial charge on any atom is -0.507 e. The normalized spacial score (nSPS) is 17.1. The number of Topliss-reactive ketones (excluding diaryl/α,β-unsaturated/α-hetero) is 1. The first kappa shape index (κ1) is 23.0. The van der Waals surface area contributed by atoms with E-state index in [0.29, 0.717) is 35.2 Å². The molecule has 2 aromatic carbocycles. The molecule has 1 N–H and O–H groups in total. The number of amides is 1. The van der Waals surface area contributed by atoms with Crippen LogP contribution in [0.5, 0.6) is 17.2 Å². The Balaban J connectivity index is 1.77. The SMILES string of the molecule is CCOc1ccc(CN2C(=O)C(=O)/C(=C(\O)c3ccc(OC)c(OC)c3)C2c2ccco2)cc1. The van der Waals surface area contributed by atoms with E-state index in [9.17, 15) is 14.7 Å². The highest BCUT2D eigenvalue weighted by Crippen LogP contribution is 2.41. The molecule has 4 rings (SSSR count). The minimum atomic E-state index is -0.894. The van der Waals surface area contributed by atoms with Crippen molar-refractivity contribution in [3.05, 3.63) is 83.3 Å². The fourth-order valence-corrected chi connectivity index (χ4v) is 3.98. The quantitative estimate of drug-likeness (QED) is 0.302. The number of nitrogens with zero attached hydrogens (tertiary/aromatic N) is 1. The van der Waals surface area contributed by atoms with E-state index >= 15 is 0 Å². The molecular formula is C26H25NO7. The Kier molecular flexibility index (Phi) is 6.58. The van der Waals surface area contributed by atoms with Crippen LogP contribution in [0, 0.1) is 0 Å². The summed E-state index contributed by atoms with van der Waals surface area (Å²) in [5, 5.41) is 11.2. The van der Waals surface area contributed by atoms with Crippen molar-refractivity contribution in [3.63, 3.8) is 0 Å². The van der Waals surface area contributed by atoms with Gasteiger partial charge < -0.3 is 28.6 Å². The van der Waals surface area contributed by atoms with Crippen molar-refractivity contribution in [2.24, 2.45) is 0 Å². The zero-order chi connectivity index (χ0) is 24.2. The molecule has 1 aliphatic rings. The lowest BCUT2D eigenvalue weighted by molar-refractivity contribution is -0.140. The summed E-state index contributed by atoms with van der Waals surface area (Å²) in [6.45, 7) is 2.59. The maximum atomic E-state index is 13.1. The molecule has 0 saturated carbocycles.